The molecule has 35 heavy (non-hydrogen) atoms. The molecule has 1 N–H and O–H groups in total. The van der Waals surface area contributed by atoms with Gasteiger partial charge in [0.25, 0.3) is 0 Å². The van der Waals surface area contributed by atoms with Crippen molar-refractivity contribution in [3.63, 3.8) is 0 Å². The van der Waals surface area contributed by atoms with Crippen LogP contribution in [0.5, 0.6) is 0 Å². The number of hydrogen-bond acceptors (Lipinski definition) is 4. The van der Waals surface area contributed by atoms with Gasteiger partial charge >= 0.3 is 0 Å². The lowest BCUT2D eigenvalue weighted by atomic mass is 10.1. The zero-order valence-electron chi connectivity index (χ0n) is 20.3. The van der Waals surface area contributed by atoms with Crippen molar-refractivity contribution in [3.8, 4) is 0 Å². The number of carbonyl (C=O) groups excluding carboxylic acids is 2. The number of nitrogens with zero attached hydrogens (tertiary/aromatic N) is 2. The second kappa shape index (κ2) is 12.3. The predicted octanol–water partition coefficient (Wildman–Crippen LogP) is 5.05. The standard InChI is InChI=1S/C24H30Cl3N3O4S/c1-6-21(24(32)28-15(2)3)29(13-17-7-8-19(26)12-20(17)27)23(31)14-30(35(5,33)34)22-10-9-18(25)11-16(22)4/h7-12,15,21H,6,13-14H2,1-5H3,(H,28,32)/t21-/m1/s1. The molecule has 2 aromatic carbocycles. The average molecular weight is 563 g/mol. The van der Waals surface area contributed by atoms with E-state index in [1.165, 1.54) is 4.90 Å². The SMILES string of the molecule is CC[C@H](C(=O)NC(C)C)N(Cc1ccc(Cl)cc1Cl)C(=O)CN(c1ccc(Cl)cc1C)S(C)(=O)=O. The Morgan fingerprint density at radius 3 is 2.14 bits per heavy atom. The minimum atomic E-state index is -3.84. The van der Waals surface area contributed by atoms with E-state index in [-0.39, 0.29) is 18.5 Å². The Morgan fingerprint density at radius 1 is 1.03 bits per heavy atom. The maximum atomic E-state index is 13.7. The van der Waals surface area contributed by atoms with E-state index in [0.717, 1.165) is 10.6 Å². The largest absolute Gasteiger partial charge is 0.352 e. The zero-order valence-corrected chi connectivity index (χ0v) is 23.4. The van der Waals surface area contributed by atoms with Gasteiger partial charge in [-0.2, -0.15) is 0 Å². The van der Waals surface area contributed by atoms with Crippen molar-refractivity contribution >= 4 is 62.3 Å². The molecule has 2 amide bonds. The van der Waals surface area contributed by atoms with Crippen LogP contribution in [0.25, 0.3) is 0 Å². The first kappa shape index (κ1) is 29.2. The second-order valence-electron chi connectivity index (χ2n) is 8.55. The number of hydrogen-bond donors (Lipinski definition) is 1. The number of aryl methyl sites for hydroxylation is 1. The summed E-state index contributed by atoms with van der Waals surface area (Å²) in [5, 5.41) is 4.05. The molecule has 192 valence electrons. The van der Waals surface area contributed by atoms with Gasteiger partial charge in [-0.1, -0.05) is 47.8 Å². The van der Waals surface area contributed by atoms with Gasteiger partial charge in [-0.15, -0.1) is 0 Å². The minimum Gasteiger partial charge on any atom is -0.352 e. The molecule has 2 rings (SSSR count). The third-order valence-electron chi connectivity index (χ3n) is 5.28. The van der Waals surface area contributed by atoms with Gasteiger partial charge < -0.3 is 10.2 Å². The summed E-state index contributed by atoms with van der Waals surface area (Å²) in [7, 11) is -3.84. The van der Waals surface area contributed by atoms with Crippen LogP contribution in [0.15, 0.2) is 36.4 Å². The van der Waals surface area contributed by atoms with E-state index >= 15 is 0 Å². The van der Waals surface area contributed by atoms with Gasteiger partial charge in [0.2, 0.25) is 21.8 Å². The van der Waals surface area contributed by atoms with Crippen molar-refractivity contribution in [2.75, 3.05) is 17.1 Å². The fourth-order valence-electron chi connectivity index (χ4n) is 3.63. The van der Waals surface area contributed by atoms with E-state index in [4.69, 9.17) is 34.8 Å². The molecule has 0 spiro atoms. The van der Waals surface area contributed by atoms with Gasteiger partial charge in [0.15, 0.2) is 0 Å². The van der Waals surface area contributed by atoms with Crippen molar-refractivity contribution in [1.82, 2.24) is 10.2 Å². The van der Waals surface area contributed by atoms with Crippen LogP contribution in [-0.4, -0.2) is 50.0 Å². The van der Waals surface area contributed by atoms with Gasteiger partial charge in [0.05, 0.1) is 11.9 Å². The highest BCUT2D eigenvalue weighted by molar-refractivity contribution is 7.92. The Hall–Kier alpha value is -2.00. The first-order valence-corrected chi connectivity index (χ1v) is 14.0. The Morgan fingerprint density at radius 2 is 1.63 bits per heavy atom. The molecule has 1 atom stereocenters. The van der Waals surface area contributed by atoms with Crippen LogP contribution in [0.2, 0.25) is 15.1 Å². The van der Waals surface area contributed by atoms with Crippen molar-refractivity contribution in [2.45, 2.75) is 52.7 Å². The second-order valence-corrected chi connectivity index (χ2v) is 11.7. The molecule has 0 aliphatic heterocycles. The zero-order chi connectivity index (χ0) is 26.5. The van der Waals surface area contributed by atoms with E-state index in [9.17, 15) is 18.0 Å². The summed E-state index contributed by atoms with van der Waals surface area (Å²) in [5.74, 6) is -0.893. The molecule has 0 radical (unpaired) electrons. The minimum absolute atomic E-state index is 0.00391. The van der Waals surface area contributed by atoms with E-state index < -0.39 is 28.5 Å². The Bertz CT molecular complexity index is 1190. The topological polar surface area (TPSA) is 86.8 Å². The molecule has 0 heterocycles. The first-order chi connectivity index (χ1) is 16.2. The molecule has 0 saturated heterocycles. The number of carbonyl (C=O) groups is 2. The highest BCUT2D eigenvalue weighted by atomic mass is 35.5. The quantitative estimate of drug-likeness (QED) is 0.439. The molecule has 11 heteroatoms. The predicted molar refractivity (Wildman–Crippen MR) is 143 cm³/mol. The number of halogens is 3. The number of rotatable bonds is 10. The van der Waals surface area contributed by atoms with Gasteiger partial charge in [-0.3, -0.25) is 13.9 Å². The molecular formula is C24H30Cl3N3O4S. The van der Waals surface area contributed by atoms with Crippen molar-refractivity contribution < 1.29 is 18.0 Å². The maximum absolute atomic E-state index is 13.7. The molecule has 0 unspecified atom stereocenters. The Balaban J connectivity index is 2.51. The fraction of sp³-hybridized carbons (Fsp3) is 0.417. The third-order valence-corrected chi connectivity index (χ3v) is 7.23. The number of sulfonamides is 1. The van der Waals surface area contributed by atoms with E-state index in [1.54, 1.807) is 50.2 Å². The normalized spacial score (nSPS) is 12.4. The lowest BCUT2D eigenvalue weighted by Gasteiger charge is -2.33. The summed E-state index contributed by atoms with van der Waals surface area (Å²) in [6, 6.07) is 8.61. The third kappa shape index (κ3) is 8.00. The number of benzene rings is 2. The van der Waals surface area contributed by atoms with E-state index in [2.05, 4.69) is 5.32 Å². The van der Waals surface area contributed by atoms with Gasteiger partial charge in [0, 0.05) is 27.7 Å². The van der Waals surface area contributed by atoms with Crippen molar-refractivity contribution in [1.29, 1.82) is 0 Å². The summed E-state index contributed by atoms with van der Waals surface area (Å²) < 4.78 is 26.4. The number of anilines is 1. The smallest absolute Gasteiger partial charge is 0.244 e. The molecule has 0 aliphatic rings. The molecule has 0 aromatic heterocycles. The summed E-state index contributed by atoms with van der Waals surface area (Å²) >= 11 is 18.4. The van der Waals surface area contributed by atoms with Gasteiger partial charge in [-0.25, -0.2) is 8.42 Å². The molecule has 7 nitrogen and oxygen atoms in total. The van der Waals surface area contributed by atoms with Crippen LogP contribution >= 0.6 is 34.8 Å². The van der Waals surface area contributed by atoms with Gasteiger partial charge in [0.1, 0.15) is 12.6 Å². The highest BCUT2D eigenvalue weighted by Gasteiger charge is 2.32. The van der Waals surface area contributed by atoms with Crippen LogP contribution in [0.1, 0.15) is 38.3 Å². The number of nitrogens with one attached hydrogen (secondary N) is 1. The van der Waals surface area contributed by atoms with Crippen molar-refractivity contribution in [2.24, 2.45) is 0 Å². The Labute approximate surface area is 222 Å². The van der Waals surface area contributed by atoms with E-state index in [0.29, 0.717) is 38.3 Å². The average Bonchev–Trinajstić information content (AvgIpc) is 2.72. The number of amides is 2. The molecule has 0 bridgehead atoms. The highest BCUT2D eigenvalue weighted by Crippen LogP contribution is 2.27. The summed E-state index contributed by atoms with van der Waals surface area (Å²) in [6.45, 7) is 6.63. The first-order valence-electron chi connectivity index (χ1n) is 11.0. The fourth-order valence-corrected chi connectivity index (χ4v) is 5.23. The molecule has 2 aromatic rings. The lowest BCUT2D eigenvalue weighted by Crippen LogP contribution is -2.53. The summed E-state index contributed by atoms with van der Waals surface area (Å²) in [5.41, 5.74) is 1.50. The van der Waals surface area contributed by atoms with Crippen LogP contribution in [0.4, 0.5) is 5.69 Å². The lowest BCUT2D eigenvalue weighted by molar-refractivity contribution is -0.140. The Kier molecular flexibility index (Phi) is 10.3. The maximum Gasteiger partial charge on any atom is 0.244 e. The van der Waals surface area contributed by atoms with E-state index in [1.807, 2.05) is 13.8 Å². The molecule has 0 fully saturated rings. The van der Waals surface area contributed by atoms with Crippen molar-refractivity contribution in [3.05, 3.63) is 62.6 Å². The molecule has 0 saturated carbocycles. The summed E-state index contributed by atoms with van der Waals surface area (Å²) in [6.07, 6.45) is 1.34. The van der Waals surface area contributed by atoms with Crippen LogP contribution in [0.3, 0.4) is 0 Å². The van der Waals surface area contributed by atoms with Crippen LogP contribution in [-0.2, 0) is 26.2 Å². The molecular weight excluding hydrogens is 533 g/mol. The summed E-state index contributed by atoms with van der Waals surface area (Å²) in [4.78, 5) is 28.0. The molecule has 0 aliphatic carbocycles. The monoisotopic (exact) mass is 561 g/mol. The van der Waals surface area contributed by atoms with Crippen LogP contribution < -0.4 is 9.62 Å². The van der Waals surface area contributed by atoms with Gasteiger partial charge in [-0.05, 0) is 68.7 Å². The van der Waals surface area contributed by atoms with Crippen LogP contribution in [0, 0.1) is 6.92 Å².